The van der Waals surface area contributed by atoms with Gasteiger partial charge in [0, 0.05) is 24.9 Å². The number of aromatic nitrogens is 3. The van der Waals surface area contributed by atoms with Crippen molar-refractivity contribution in [2.24, 2.45) is 0 Å². The summed E-state index contributed by atoms with van der Waals surface area (Å²) in [4.78, 5) is 19.3. The molecule has 0 radical (unpaired) electrons. The van der Waals surface area contributed by atoms with E-state index >= 15 is 0 Å². The highest BCUT2D eigenvalue weighted by Gasteiger charge is 2.34. The number of rotatable bonds is 3. The number of likely N-dealkylation sites (tertiary alicyclic amines) is 1. The van der Waals surface area contributed by atoms with E-state index in [4.69, 9.17) is 0 Å². The van der Waals surface area contributed by atoms with E-state index in [-0.39, 0.29) is 11.9 Å². The van der Waals surface area contributed by atoms with Crippen molar-refractivity contribution in [2.75, 3.05) is 6.54 Å². The second-order valence-corrected chi connectivity index (χ2v) is 7.51. The summed E-state index contributed by atoms with van der Waals surface area (Å²) >= 11 is 3.60. The predicted octanol–water partition coefficient (Wildman–Crippen LogP) is 4.20. The van der Waals surface area contributed by atoms with E-state index in [1.165, 1.54) is 19.3 Å². The third-order valence-electron chi connectivity index (χ3n) is 5.03. The number of hydrogen-bond donors (Lipinski definition) is 1. The van der Waals surface area contributed by atoms with E-state index in [0.717, 1.165) is 41.5 Å². The zero-order chi connectivity index (χ0) is 16.5. The molecule has 1 unspecified atom stereocenters. The molecule has 24 heavy (non-hydrogen) atoms. The number of H-pyrrole nitrogens is 1. The molecule has 0 aromatic carbocycles. The van der Waals surface area contributed by atoms with Gasteiger partial charge in [0.05, 0.1) is 16.2 Å². The van der Waals surface area contributed by atoms with Crippen molar-refractivity contribution in [1.82, 2.24) is 20.1 Å². The van der Waals surface area contributed by atoms with Gasteiger partial charge in [-0.2, -0.15) is 5.10 Å². The number of carbonyl (C=O) groups excluding carboxylic acids is 1. The normalized spacial score (nSPS) is 21.5. The third-order valence-corrected chi connectivity index (χ3v) is 5.83. The molecule has 1 aliphatic carbocycles. The van der Waals surface area contributed by atoms with Crippen molar-refractivity contribution < 1.29 is 4.79 Å². The molecule has 2 aromatic heterocycles. The number of aromatic amines is 1. The first-order valence-corrected chi connectivity index (χ1v) is 9.49. The van der Waals surface area contributed by atoms with Crippen LogP contribution in [0.2, 0.25) is 0 Å². The number of nitrogens with one attached hydrogen (secondary N) is 1. The van der Waals surface area contributed by atoms with E-state index in [1.807, 2.05) is 17.0 Å². The highest BCUT2D eigenvalue weighted by Crippen LogP contribution is 2.43. The van der Waals surface area contributed by atoms with E-state index in [1.54, 1.807) is 12.4 Å². The topological polar surface area (TPSA) is 61.9 Å². The van der Waals surface area contributed by atoms with Crippen LogP contribution in [0.1, 0.15) is 72.2 Å². The minimum atomic E-state index is 0.0220. The second-order valence-electron chi connectivity index (χ2n) is 6.72. The largest absolute Gasteiger partial charge is 0.330 e. The SMILES string of the molecule is O=C(c1n[nH]c(C2CC2)c1Br)N1CCCCCC1c1ccncc1. The maximum atomic E-state index is 13.2. The van der Waals surface area contributed by atoms with E-state index in [9.17, 15) is 4.79 Å². The molecule has 1 aliphatic heterocycles. The van der Waals surface area contributed by atoms with Crippen LogP contribution in [-0.2, 0) is 0 Å². The highest BCUT2D eigenvalue weighted by atomic mass is 79.9. The summed E-state index contributed by atoms with van der Waals surface area (Å²) in [5, 5.41) is 7.41. The molecular formula is C18H21BrN4O. The van der Waals surface area contributed by atoms with Crippen LogP contribution in [0.5, 0.6) is 0 Å². The first-order chi connectivity index (χ1) is 11.8. The van der Waals surface area contributed by atoms with Gasteiger partial charge in [0.25, 0.3) is 5.91 Å². The fourth-order valence-electron chi connectivity index (χ4n) is 3.55. The van der Waals surface area contributed by atoms with Crippen LogP contribution in [0.4, 0.5) is 0 Å². The molecule has 3 heterocycles. The van der Waals surface area contributed by atoms with Crippen molar-refractivity contribution in [3.63, 3.8) is 0 Å². The van der Waals surface area contributed by atoms with Gasteiger partial charge in [-0.1, -0.05) is 12.8 Å². The first kappa shape index (κ1) is 15.8. The molecule has 1 N–H and O–H groups in total. The summed E-state index contributed by atoms with van der Waals surface area (Å²) in [7, 11) is 0. The number of nitrogens with zero attached hydrogens (tertiary/aromatic N) is 3. The summed E-state index contributed by atoms with van der Waals surface area (Å²) in [5.41, 5.74) is 2.76. The molecule has 1 atom stereocenters. The van der Waals surface area contributed by atoms with Gasteiger partial charge in [-0.05, 0) is 59.3 Å². The van der Waals surface area contributed by atoms with E-state index < -0.39 is 0 Å². The molecule has 4 rings (SSSR count). The zero-order valence-corrected chi connectivity index (χ0v) is 15.1. The van der Waals surface area contributed by atoms with Crippen molar-refractivity contribution in [3.8, 4) is 0 Å². The van der Waals surface area contributed by atoms with Crippen LogP contribution in [0.15, 0.2) is 29.0 Å². The predicted molar refractivity (Wildman–Crippen MR) is 94.7 cm³/mol. The molecule has 126 valence electrons. The van der Waals surface area contributed by atoms with E-state index in [0.29, 0.717) is 11.6 Å². The Morgan fingerprint density at radius 1 is 1.17 bits per heavy atom. The summed E-state index contributed by atoms with van der Waals surface area (Å²) in [6.45, 7) is 0.782. The average molecular weight is 389 g/mol. The fraction of sp³-hybridized carbons (Fsp3) is 0.500. The van der Waals surface area contributed by atoms with Crippen LogP contribution >= 0.6 is 15.9 Å². The fourth-order valence-corrected chi connectivity index (χ4v) is 4.22. The summed E-state index contributed by atoms with van der Waals surface area (Å²) in [5.74, 6) is 0.558. The minimum absolute atomic E-state index is 0.0220. The van der Waals surface area contributed by atoms with E-state index in [2.05, 4.69) is 31.1 Å². The molecule has 6 heteroatoms. The maximum Gasteiger partial charge on any atom is 0.276 e. The van der Waals surface area contributed by atoms with Gasteiger partial charge < -0.3 is 4.90 Å². The van der Waals surface area contributed by atoms with Gasteiger partial charge >= 0.3 is 0 Å². The van der Waals surface area contributed by atoms with Crippen molar-refractivity contribution in [3.05, 3.63) is 46.0 Å². The number of pyridine rings is 1. The molecule has 1 saturated heterocycles. The number of carbonyl (C=O) groups is 1. The molecule has 0 bridgehead atoms. The summed E-state index contributed by atoms with van der Waals surface area (Å²) in [6, 6.07) is 4.15. The lowest BCUT2D eigenvalue weighted by molar-refractivity contribution is 0.0673. The molecule has 0 spiro atoms. The van der Waals surface area contributed by atoms with Gasteiger partial charge in [0.15, 0.2) is 5.69 Å². The van der Waals surface area contributed by atoms with Gasteiger partial charge in [-0.15, -0.1) is 0 Å². The summed E-state index contributed by atoms with van der Waals surface area (Å²) < 4.78 is 0.854. The molecule has 5 nitrogen and oxygen atoms in total. The molecule has 1 amide bonds. The van der Waals surface area contributed by atoms with Crippen molar-refractivity contribution >= 4 is 21.8 Å². The Morgan fingerprint density at radius 2 is 1.96 bits per heavy atom. The molecule has 1 saturated carbocycles. The van der Waals surface area contributed by atoms with Crippen LogP contribution in [0.3, 0.4) is 0 Å². The lowest BCUT2D eigenvalue weighted by Gasteiger charge is -2.30. The maximum absolute atomic E-state index is 13.2. The van der Waals surface area contributed by atoms with Crippen LogP contribution in [0.25, 0.3) is 0 Å². The second kappa shape index (κ2) is 6.67. The average Bonchev–Trinajstić information content (AvgIpc) is 3.41. The van der Waals surface area contributed by atoms with Crippen molar-refractivity contribution in [1.29, 1.82) is 0 Å². The lowest BCUT2D eigenvalue weighted by Crippen LogP contribution is -2.35. The molecule has 2 aliphatic rings. The van der Waals surface area contributed by atoms with Crippen LogP contribution < -0.4 is 0 Å². The number of hydrogen-bond acceptors (Lipinski definition) is 3. The van der Waals surface area contributed by atoms with Gasteiger partial charge in [0.1, 0.15) is 0 Å². The zero-order valence-electron chi connectivity index (χ0n) is 13.5. The standard InChI is InChI=1S/C18H21BrN4O/c19-15-16(13-5-6-13)21-22-17(15)18(24)23-11-3-1-2-4-14(23)12-7-9-20-10-8-12/h7-10,13-14H,1-6,11H2,(H,21,22). The van der Waals surface area contributed by atoms with Crippen LogP contribution in [-0.4, -0.2) is 32.5 Å². The Balaban J connectivity index is 1.65. The quantitative estimate of drug-likeness (QED) is 0.856. The Hall–Kier alpha value is -1.69. The monoisotopic (exact) mass is 388 g/mol. The minimum Gasteiger partial charge on any atom is -0.330 e. The Kier molecular flexibility index (Phi) is 4.39. The number of halogens is 1. The lowest BCUT2D eigenvalue weighted by atomic mass is 10.0. The first-order valence-electron chi connectivity index (χ1n) is 8.70. The van der Waals surface area contributed by atoms with Gasteiger partial charge in [-0.25, -0.2) is 0 Å². The Labute approximate surface area is 150 Å². The molecule has 2 fully saturated rings. The Morgan fingerprint density at radius 3 is 2.71 bits per heavy atom. The molecule has 2 aromatic rings. The smallest absolute Gasteiger partial charge is 0.276 e. The Bertz CT molecular complexity index is 726. The van der Waals surface area contributed by atoms with Crippen molar-refractivity contribution in [2.45, 2.75) is 50.5 Å². The number of amides is 1. The summed E-state index contributed by atoms with van der Waals surface area (Å²) in [6.07, 6.45) is 10.3. The van der Waals surface area contributed by atoms with Crippen LogP contribution in [0, 0.1) is 0 Å². The van der Waals surface area contributed by atoms with Gasteiger partial charge in [0.2, 0.25) is 0 Å². The van der Waals surface area contributed by atoms with Gasteiger partial charge in [-0.3, -0.25) is 14.9 Å². The highest BCUT2D eigenvalue weighted by molar-refractivity contribution is 9.10. The molecular weight excluding hydrogens is 368 g/mol. The third kappa shape index (κ3) is 2.99.